The molecule has 2 heterocycles. The van der Waals surface area contributed by atoms with Crippen molar-refractivity contribution in [2.75, 3.05) is 0 Å². The molecule has 9 heteroatoms. The highest BCUT2D eigenvalue weighted by molar-refractivity contribution is 5.60. The fourth-order valence-corrected chi connectivity index (χ4v) is 3.07. The van der Waals surface area contributed by atoms with Crippen LogP contribution in [-0.2, 0) is 12.6 Å². The predicted molar refractivity (Wildman–Crippen MR) is 100.0 cm³/mol. The molecule has 4 aromatic rings. The first-order valence-electron chi connectivity index (χ1n) is 8.83. The molecule has 0 atom stereocenters. The lowest BCUT2D eigenvalue weighted by atomic mass is 10.1. The van der Waals surface area contributed by atoms with Gasteiger partial charge in [0, 0.05) is 17.2 Å². The standard InChI is InChI=1S/C20H16F3N5O/c1-2-13-11-24-28(19(13)20(21,22)23)15-8-6-14(7-9-15)18-12-27(26-25-18)16-4-3-5-17(29)10-16/h3-12,29H,2H2,1H3. The van der Waals surface area contributed by atoms with Crippen LogP contribution in [0.2, 0.25) is 0 Å². The molecular weight excluding hydrogens is 383 g/mol. The van der Waals surface area contributed by atoms with Gasteiger partial charge in [0.1, 0.15) is 11.4 Å². The fourth-order valence-electron chi connectivity index (χ4n) is 3.07. The van der Waals surface area contributed by atoms with Gasteiger partial charge in [0.25, 0.3) is 0 Å². The van der Waals surface area contributed by atoms with E-state index in [2.05, 4.69) is 15.4 Å². The molecule has 0 saturated carbocycles. The number of hydrogen-bond donors (Lipinski definition) is 1. The number of phenols is 1. The molecule has 0 fully saturated rings. The van der Waals surface area contributed by atoms with Gasteiger partial charge in [0.05, 0.1) is 23.8 Å². The van der Waals surface area contributed by atoms with E-state index in [0.29, 0.717) is 22.6 Å². The monoisotopic (exact) mass is 399 g/mol. The second kappa shape index (κ2) is 7.08. The third kappa shape index (κ3) is 3.58. The number of rotatable bonds is 4. The van der Waals surface area contributed by atoms with Crippen LogP contribution >= 0.6 is 0 Å². The summed E-state index contributed by atoms with van der Waals surface area (Å²) in [7, 11) is 0. The highest BCUT2D eigenvalue weighted by Gasteiger charge is 2.38. The van der Waals surface area contributed by atoms with Gasteiger partial charge in [-0.2, -0.15) is 18.3 Å². The van der Waals surface area contributed by atoms with Crippen molar-refractivity contribution in [2.24, 2.45) is 0 Å². The van der Waals surface area contributed by atoms with Gasteiger partial charge in [-0.1, -0.05) is 30.3 Å². The van der Waals surface area contributed by atoms with Crippen molar-refractivity contribution in [1.29, 1.82) is 0 Å². The molecule has 2 aromatic heterocycles. The van der Waals surface area contributed by atoms with E-state index < -0.39 is 11.9 Å². The van der Waals surface area contributed by atoms with Crippen molar-refractivity contribution in [3.05, 3.63) is 72.2 Å². The number of nitrogens with zero attached hydrogens (tertiary/aromatic N) is 5. The molecule has 2 aromatic carbocycles. The van der Waals surface area contributed by atoms with E-state index in [-0.39, 0.29) is 17.7 Å². The van der Waals surface area contributed by atoms with E-state index in [1.54, 1.807) is 61.7 Å². The number of halogens is 3. The molecule has 0 bridgehead atoms. The average molecular weight is 399 g/mol. The maximum absolute atomic E-state index is 13.5. The number of aryl methyl sites for hydroxylation is 1. The Labute approximate surface area is 163 Å². The second-order valence-corrected chi connectivity index (χ2v) is 6.40. The lowest BCUT2D eigenvalue weighted by Gasteiger charge is -2.12. The summed E-state index contributed by atoms with van der Waals surface area (Å²) in [6.07, 6.45) is -1.33. The van der Waals surface area contributed by atoms with E-state index in [1.165, 1.54) is 10.9 Å². The van der Waals surface area contributed by atoms with E-state index in [9.17, 15) is 18.3 Å². The quantitative estimate of drug-likeness (QED) is 0.552. The van der Waals surface area contributed by atoms with Crippen LogP contribution in [-0.4, -0.2) is 29.9 Å². The van der Waals surface area contributed by atoms with Gasteiger partial charge in [0.2, 0.25) is 0 Å². The Kier molecular flexibility index (Phi) is 4.57. The maximum Gasteiger partial charge on any atom is 0.433 e. The summed E-state index contributed by atoms with van der Waals surface area (Å²) in [5, 5.41) is 21.6. The number of hydrogen-bond acceptors (Lipinski definition) is 4. The summed E-state index contributed by atoms with van der Waals surface area (Å²) in [5.74, 6) is 0.107. The van der Waals surface area contributed by atoms with Crippen molar-refractivity contribution >= 4 is 0 Å². The first-order chi connectivity index (χ1) is 13.9. The Balaban J connectivity index is 1.66. The molecule has 148 valence electrons. The number of benzene rings is 2. The SMILES string of the molecule is CCc1cnn(-c2ccc(-c3cn(-c4cccc(O)c4)nn3)cc2)c1C(F)(F)F. The largest absolute Gasteiger partial charge is 0.508 e. The molecule has 0 aliphatic carbocycles. The summed E-state index contributed by atoms with van der Waals surface area (Å²) in [5.41, 5.74) is 1.57. The van der Waals surface area contributed by atoms with Crippen LogP contribution in [0, 0.1) is 0 Å². The summed E-state index contributed by atoms with van der Waals surface area (Å²) < 4.78 is 42.8. The summed E-state index contributed by atoms with van der Waals surface area (Å²) in [6, 6.07) is 13.0. The lowest BCUT2D eigenvalue weighted by Crippen LogP contribution is -2.15. The van der Waals surface area contributed by atoms with Crippen molar-refractivity contribution < 1.29 is 18.3 Å². The Bertz CT molecular complexity index is 1150. The van der Waals surface area contributed by atoms with Gasteiger partial charge in [-0.25, -0.2) is 9.36 Å². The number of phenolic OH excluding ortho intramolecular Hbond substituents is 1. The Hall–Kier alpha value is -3.62. The minimum Gasteiger partial charge on any atom is -0.508 e. The van der Waals surface area contributed by atoms with Gasteiger partial charge < -0.3 is 5.11 Å². The second-order valence-electron chi connectivity index (χ2n) is 6.40. The van der Waals surface area contributed by atoms with E-state index in [4.69, 9.17) is 0 Å². The summed E-state index contributed by atoms with van der Waals surface area (Å²) in [6.45, 7) is 1.66. The normalized spacial score (nSPS) is 11.7. The van der Waals surface area contributed by atoms with Crippen LogP contribution in [0.1, 0.15) is 18.2 Å². The van der Waals surface area contributed by atoms with Crippen LogP contribution in [0.4, 0.5) is 13.2 Å². The van der Waals surface area contributed by atoms with Gasteiger partial charge in [-0.15, -0.1) is 5.10 Å². The summed E-state index contributed by atoms with van der Waals surface area (Å²) >= 11 is 0. The predicted octanol–water partition coefficient (Wildman–Crippen LogP) is 4.41. The topological polar surface area (TPSA) is 68.8 Å². The third-order valence-electron chi connectivity index (χ3n) is 4.49. The van der Waals surface area contributed by atoms with E-state index in [0.717, 1.165) is 4.68 Å². The Morgan fingerprint density at radius 3 is 2.45 bits per heavy atom. The van der Waals surface area contributed by atoms with Gasteiger partial charge in [-0.05, 0) is 30.7 Å². The molecule has 0 amide bonds. The van der Waals surface area contributed by atoms with Gasteiger partial charge >= 0.3 is 6.18 Å². The van der Waals surface area contributed by atoms with Crippen molar-refractivity contribution in [2.45, 2.75) is 19.5 Å². The van der Waals surface area contributed by atoms with Crippen LogP contribution in [0.3, 0.4) is 0 Å². The van der Waals surface area contributed by atoms with E-state index in [1.807, 2.05) is 0 Å². The molecule has 0 aliphatic heterocycles. The average Bonchev–Trinajstić information content (AvgIpc) is 3.35. The molecule has 0 saturated heterocycles. The molecule has 6 nitrogen and oxygen atoms in total. The molecule has 1 N–H and O–H groups in total. The first-order valence-corrected chi connectivity index (χ1v) is 8.83. The zero-order valence-electron chi connectivity index (χ0n) is 15.3. The van der Waals surface area contributed by atoms with Crippen molar-refractivity contribution in [3.63, 3.8) is 0 Å². The molecule has 0 unspecified atom stereocenters. The van der Waals surface area contributed by atoms with Gasteiger partial charge in [-0.3, -0.25) is 0 Å². The Morgan fingerprint density at radius 2 is 1.79 bits per heavy atom. The van der Waals surface area contributed by atoms with Crippen LogP contribution < -0.4 is 0 Å². The minimum absolute atomic E-state index is 0.107. The molecule has 0 radical (unpaired) electrons. The minimum atomic E-state index is -4.50. The molecular formula is C20H16F3N5O. The third-order valence-corrected chi connectivity index (χ3v) is 4.49. The zero-order valence-corrected chi connectivity index (χ0v) is 15.3. The number of aromatic nitrogens is 5. The van der Waals surface area contributed by atoms with E-state index >= 15 is 0 Å². The number of aromatic hydroxyl groups is 1. The zero-order chi connectivity index (χ0) is 20.6. The first kappa shape index (κ1) is 18.7. The van der Waals surface area contributed by atoms with Gasteiger partial charge in [0.15, 0.2) is 5.69 Å². The highest BCUT2D eigenvalue weighted by Crippen LogP contribution is 2.34. The molecule has 0 spiro atoms. The Morgan fingerprint density at radius 1 is 1.03 bits per heavy atom. The smallest absolute Gasteiger partial charge is 0.433 e. The number of alkyl halides is 3. The molecule has 4 rings (SSSR count). The molecule has 29 heavy (non-hydrogen) atoms. The lowest BCUT2D eigenvalue weighted by molar-refractivity contribution is -0.143. The van der Waals surface area contributed by atoms with Crippen LogP contribution in [0.15, 0.2) is 60.9 Å². The maximum atomic E-state index is 13.5. The molecule has 0 aliphatic rings. The highest BCUT2D eigenvalue weighted by atomic mass is 19.4. The van der Waals surface area contributed by atoms with Crippen LogP contribution in [0.5, 0.6) is 5.75 Å². The van der Waals surface area contributed by atoms with Crippen molar-refractivity contribution in [3.8, 4) is 28.4 Å². The van der Waals surface area contributed by atoms with Crippen molar-refractivity contribution in [1.82, 2.24) is 24.8 Å². The van der Waals surface area contributed by atoms with Crippen LogP contribution in [0.25, 0.3) is 22.6 Å². The summed E-state index contributed by atoms with van der Waals surface area (Å²) in [4.78, 5) is 0. The fraction of sp³-hybridized carbons (Fsp3) is 0.150.